The molecule has 0 saturated carbocycles. The van der Waals surface area contributed by atoms with Gasteiger partial charge >= 0.3 is 6.03 Å². The van der Waals surface area contributed by atoms with E-state index in [1.54, 1.807) is 0 Å². The Labute approximate surface area is 125 Å². The van der Waals surface area contributed by atoms with Crippen molar-refractivity contribution in [3.8, 4) is 0 Å². The molecule has 0 aromatic carbocycles. The van der Waals surface area contributed by atoms with Crippen LogP contribution in [0.25, 0.3) is 0 Å². The van der Waals surface area contributed by atoms with Gasteiger partial charge in [-0.05, 0) is 51.7 Å². The predicted octanol–water partition coefficient (Wildman–Crippen LogP) is 1.76. The molecule has 1 saturated heterocycles. The Morgan fingerprint density at radius 1 is 1.38 bits per heavy atom. The molecule has 1 amide bonds. The molecule has 6 heteroatoms. The molecular weight excluding hydrogens is 266 g/mol. The van der Waals surface area contributed by atoms with E-state index in [1.165, 1.54) is 10.2 Å². The fourth-order valence-corrected chi connectivity index (χ4v) is 3.54. The average Bonchev–Trinajstić information content (AvgIpc) is 2.69. The highest BCUT2D eigenvalue weighted by Crippen LogP contribution is 2.34. The van der Waals surface area contributed by atoms with E-state index < -0.39 is 6.03 Å². The number of nitrogens with zero attached hydrogens (tertiary/aromatic N) is 3. The Morgan fingerprint density at radius 2 is 2.14 bits per heavy atom. The summed E-state index contributed by atoms with van der Waals surface area (Å²) in [6, 6.07) is -0.488. The summed E-state index contributed by atoms with van der Waals surface area (Å²) in [4.78, 5) is 14.1. The molecular formula is C15H25N5O. The van der Waals surface area contributed by atoms with Gasteiger partial charge in [0.25, 0.3) is 0 Å². The number of nitrogens with one attached hydrogen (secondary N) is 1. The van der Waals surface area contributed by atoms with Crippen molar-refractivity contribution in [2.24, 2.45) is 5.73 Å². The molecule has 0 aliphatic carbocycles. The molecule has 0 atom stereocenters. The van der Waals surface area contributed by atoms with Crippen LogP contribution in [0.3, 0.4) is 0 Å². The van der Waals surface area contributed by atoms with E-state index in [1.807, 2.05) is 0 Å². The van der Waals surface area contributed by atoms with E-state index in [4.69, 9.17) is 5.73 Å². The molecule has 1 fully saturated rings. The molecule has 3 N–H and O–H groups in total. The zero-order valence-electron chi connectivity index (χ0n) is 12.8. The van der Waals surface area contributed by atoms with Gasteiger partial charge in [0.1, 0.15) is 5.82 Å². The van der Waals surface area contributed by atoms with Crippen molar-refractivity contribution in [2.75, 3.05) is 31.5 Å². The maximum absolute atomic E-state index is 11.7. The van der Waals surface area contributed by atoms with Crippen LogP contribution in [-0.4, -0.2) is 46.9 Å². The molecule has 1 aromatic heterocycles. The van der Waals surface area contributed by atoms with Gasteiger partial charge in [-0.25, -0.2) is 4.79 Å². The Bertz CT molecular complexity index is 516. The van der Waals surface area contributed by atoms with Gasteiger partial charge in [0.2, 0.25) is 0 Å². The fourth-order valence-electron chi connectivity index (χ4n) is 3.54. The number of likely N-dealkylation sites (tertiary alicyclic amines) is 1. The van der Waals surface area contributed by atoms with Crippen LogP contribution in [0.2, 0.25) is 0 Å². The number of rotatable bonds is 2. The first kappa shape index (κ1) is 14.4. The fraction of sp³-hybridized carbons (Fsp3) is 0.733. The standard InChI is InChI=1S/C15H25N5O/c1-2-19-9-6-11(7-10-19)13-12-5-3-4-8-17-14(12)20(18-13)15(16)21/h11,17H,2-10H2,1H3,(H2,16,21). The number of primary amides is 1. The van der Waals surface area contributed by atoms with E-state index in [0.29, 0.717) is 5.92 Å². The number of anilines is 1. The normalized spacial score (nSPS) is 20.6. The van der Waals surface area contributed by atoms with Crippen molar-refractivity contribution < 1.29 is 4.79 Å². The minimum Gasteiger partial charge on any atom is -0.370 e. The van der Waals surface area contributed by atoms with Crippen LogP contribution >= 0.6 is 0 Å². The van der Waals surface area contributed by atoms with Crippen molar-refractivity contribution in [3.63, 3.8) is 0 Å². The van der Waals surface area contributed by atoms with Crippen molar-refractivity contribution >= 4 is 11.8 Å². The summed E-state index contributed by atoms with van der Waals surface area (Å²) in [6.07, 6.45) is 5.51. The topological polar surface area (TPSA) is 76.2 Å². The third-order valence-corrected chi connectivity index (χ3v) is 4.79. The molecule has 3 rings (SSSR count). The maximum Gasteiger partial charge on any atom is 0.341 e. The van der Waals surface area contributed by atoms with Gasteiger partial charge in [-0.3, -0.25) is 0 Å². The highest BCUT2D eigenvalue weighted by molar-refractivity contribution is 5.79. The smallest absolute Gasteiger partial charge is 0.341 e. The van der Waals surface area contributed by atoms with Gasteiger partial charge in [-0.2, -0.15) is 9.78 Å². The maximum atomic E-state index is 11.7. The number of amides is 1. The first-order valence-electron chi connectivity index (χ1n) is 8.08. The lowest BCUT2D eigenvalue weighted by atomic mass is 9.90. The second-order valence-electron chi connectivity index (χ2n) is 6.05. The van der Waals surface area contributed by atoms with Gasteiger partial charge in [0, 0.05) is 18.0 Å². The minimum absolute atomic E-state index is 0.460. The summed E-state index contributed by atoms with van der Waals surface area (Å²) >= 11 is 0. The highest BCUT2D eigenvalue weighted by Gasteiger charge is 2.29. The number of aromatic nitrogens is 2. The van der Waals surface area contributed by atoms with Crippen molar-refractivity contribution in [3.05, 3.63) is 11.3 Å². The third-order valence-electron chi connectivity index (χ3n) is 4.79. The molecule has 0 bridgehead atoms. The largest absolute Gasteiger partial charge is 0.370 e. The number of carbonyl (C=O) groups excluding carboxylic acids is 1. The van der Waals surface area contributed by atoms with Crippen LogP contribution in [0.1, 0.15) is 49.8 Å². The van der Waals surface area contributed by atoms with Crippen molar-refractivity contribution in [1.82, 2.24) is 14.7 Å². The van der Waals surface area contributed by atoms with Crippen LogP contribution in [0.5, 0.6) is 0 Å². The predicted molar refractivity (Wildman–Crippen MR) is 82.7 cm³/mol. The molecule has 0 radical (unpaired) electrons. The Morgan fingerprint density at radius 3 is 2.81 bits per heavy atom. The van der Waals surface area contributed by atoms with Crippen LogP contribution in [-0.2, 0) is 6.42 Å². The van der Waals surface area contributed by atoms with E-state index in [-0.39, 0.29) is 0 Å². The van der Waals surface area contributed by atoms with E-state index in [0.717, 1.165) is 69.8 Å². The summed E-state index contributed by atoms with van der Waals surface area (Å²) in [7, 11) is 0. The first-order valence-corrected chi connectivity index (χ1v) is 8.08. The Hall–Kier alpha value is -1.56. The van der Waals surface area contributed by atoms with Gasteiger partial charge < -0.3 is 16.0 Å². The van der Waals surface area contributed by atoms with Crippen LogP contribution < -0.4 is 11.1 Å². The minimum atomic E-state index is -0.488. The van der Waals surface area contributed by atoms with Crippen molar-refractivity contribution in [2.45, 2.75) is 44.9 Å². The average molecular weight is 291 g/mol. The molecule has 116 valence electrons. The van der Waals surface area contributed by atoms with Crippen molar-refractivity contribution in [1.29, 1.82) is 0 Å². The number of hydrogen-bond donors (Lipinski definition) is 2. The number of fused-ring (bicyclic) bond motifs is 1. The van der Waals surface area contributed by atoms with Gasteiger partial charge in [-0.15, -0.1) is 0 Å². The SMILES string of the molecule is CCN1CCC(c2nn(C(N)=O)c3c2CCCCN3)CC1. The summed E-state index contributed by atoms with van der Waals surface area (Å²) < 4.78 is 1.38. The molecule has 0 spiro atoms. The molecule has 2 aliphatic rings. The summed E-state index contributed by atoms with van der Waals surface area (Å²) in [6.45, 7) is 6.44. The van der Waals surface area contributed by atoms with E-state index in [2.05, 4.69) is 22.2 Å². The van der Waals surface area contributed by atoms with Gasteiger partial charge in [-0.1, -0.05) is 6.92 Å². The first-order chi connectivity index (χ1) is 10.2. The number of piperidine rings is 1. The third kappa shape index (κ3) is 2.77. The summed E-state index contributed by atoms with van der Waals surface area (Å²) in [5.41, 5.74) is 7.82. The molecule has 21 heavy (non-hydrogen) atoms. The molecule has 1 aromatic rings. The second kappa shape index (κ2) is 6.05. The Balaban J connectivity index is 1.90. The highest BCUT2D eigenvalue weighted by atomic mass is 16.2. The zero-order chi connectivity index (χ0) is 14.8. The van der Waals surface area contributed by atoms with E-state index >= 15 is 0 Å². The summed E-state index contributed by atoms with van der Waals surface area (Å²) in [5, 5.41) is 7.91. The van der Waals surface area contributed by atoms with Gasteiger partial charge in [0.15, 0.2) is 0 Å². The Kier molecular flexibility index (Phi) is 4.14. The molecule has 0 unspecified atom stereocenters. The molecule has 6 nitrogen and oxygen atoms in total. The van der Waals surface area contributed by atoms with Crippen LogP contribution in [0.15, 0.2) is 0 Å². The second-order valence-corrected chi connectivity index (χ2v) is 6.05. The lowest BCUT2D eigenvalue weighted by molar-refractivity contribution is 0.220. The quantitative estimate of drug-likeness (QED) is 0.870. The number of hydrogen-bond acceptors (Lipinski definition) is 4. The van der Waals surface area contributed by atoms with Crippen LogP contribution in [0, 0.1) is 0 Å². The molecule has 2 aliphatic heterocycles. The zero-order valence-corrected chi connectivity index (χ0v) is 12.8. The monoisotopic (exact) mass is 291 g/mol. The lowest BCUT2D eigenvalue weighted by Gasteiger charge is -2.30. The number of nitrogens with two attached hydrogens (primary N) is 1. The summed E-state index contributed by atoms with van der Waals surface area (Å²) in [5.74, 6) is 1.30. The van der Waals surface area contributed by atoms with Gasteiger partial charge in [0.05, 0.1) is 5.69 Å². The van der Waals surface area contributed by atoms with Crippen LogP contribution in [0.4, 0.5) is 10.6 Å². The van der Waals surface area contributed by atoms with E-state index in [9.17, 15) is 4.79 Å². The molecule has 3 heterocycles. The number of carbonyl (C=O) groups is 1. The lowest BCUT2D eigenvalue weighted by Crippen LogP contribution is -2.33.